The highest BCUT2D eigenvalue weighted by Crippen LogP contribution is 2.33. The van der Waals surface area contributed by atoms with Gasteiger partial charge in [-0.2, -0.15) is 5.10 Å². The molecule has 27 heavy (non-hydrogen) atoms. The molecule has 1 heterocycles. The van der Waals surface area contributed by atoms with Crippen LogP contribution in [0.3, 0.4) is 0 Å². The molecule has 0 atom stereocenters. The van der Waals surface area contributed by atoms with Gasteiger partial charge in [0.25, 0.3) is 5.91 Å². The minimum absolute atomic E-state index is 0.157. The topological polar surface area (TPSA) is 64.4 Å². The van der Waals surface area contributed by atoms with Crippen molar-refractivity contribution in [3.63, 3.8) is 0 Å². The molecule has 0 radical (unpaired) electrons. The fourth-order valence-electron chi connectivity index (χ4n) is 2.80. The number of rotatable bonds is 7. The quantitative estimate of drug-likeness (QED) is 0.649. The molecule has 2 rings (SSSR count). The van der Waals surface area contributed by atoms with Crippen LogP contribution in [0.5, 0.6) is 5.88 Å². The Morgan fingerprint density at radius 3 is 2.37 bits per heavy atom. The van der Waals surface area contributed by atoms with Crippen molar-refractivity contribution < 1.29 is 14.3 Å². The number of halogens is 2. The Bertz CT molecular complexity index is 874. The van der Waals surface area contributed by atoms with Crippen LogP contribution < -0.4 is 4.74 Å². The van der Waals surface area contributed by atoms with Crippen LogP contribution >= 0.6 is 23.2 Å². The number of hydrogen-bond acceptors (Lipinski definition) is 4. The van der Waals surface area contributed by atoms with Crippen LogP contribution in [0.15, 0.2) is 12.3 Å². The van der Waals surface area contributed by atoms with Gasteiger partial charge in [0.1, 0.15) is 5.56 Å². The largest absolute Gasteiger partial charge is 0.467 e. The molecule has 0 unspecified atom stereocenters. The van der Waals surface area contributed by atoms with E-state index in [2.05, 4.69) is 5.10 Å². The van der Waals surface area contributed by atoms with Gasteiger partial charge in [-0.3, -0.25) is 9.59 Å². The van der Waals surface area contributed by atoms with E-state index >= 15 is 0 Å². The molecule has 0 N–H and O–H groups in total. The van der Waals surface area contributed by atoms with Crippen LogP contribution in [0.2, 0.25) is 10.0 Å². The third-order valence-electron chi connectivity index (χ3n) is 4.42. The molecule has 0 saturated carbocycles. The van der Waals surface area contributed by atoms with E-state index in [1.54, 1.807) is 24.9 Å². The van der Waals surface area contributed by atoms with Gasteiger partial charge in [-0.05, 0) is 44.9 Å². The zero-order valence-corrected chi connectivity index (χ0v) is 17.6. The molecular weight excluding hydrogens is 389 g/mol. The van der Waals surface area contributed by atoms with Gasteiger partial charge in [0, 0.05) is 30.7 Å². The molecule has 1 amide bonds. The van der Waals surface area contributed by atoms with Crippen LogP contribution in [0.4, 0.5) is 0 Å². The summed E-state index contributed by atoms with van der Waals surface area (Å²) in [6, 6.07) is 1.65. The van der Waals surface area contributed by atoms with Crippen LogP contribution in [-0.4, -0.2) is 46.1 Å². The minimum Gasteiger partial charge on any atom is -0.467 e. The second kappa shape index (κ2) is 8.76. The SMILES string of the molecule is CCN(CC)C(=O)COc1c(C(=O)c2cc(C)c(Cl)c(C)c2Cl)cnn1C. The molecule has 8 heteroatoms. The van der Waals surface area contributed by atoms with E-state index in [9.17, 15) is 9.59 Å². The van der Waals surface area contributed by atoms with Crippen molar-refractivity contribution in [3.05, 3.63) is 44.6 Å². The maximum absolute atomic E-state index is 13.1. The summed E-state index contributed by atoms with van der Waals surface area (Å²) in [4.78, 5) is 26.9. The van der Waals surface area contributed by atoms with Crippen molar-refractivity contribution >= 4 is 34.9 Å². The molecule has 0 aliphatic rings. The number of nitrogens with zero attached hydrogens (tertiary/aromatic N) is 3. The lowest BCUT2D eigenvalue weighted by atomic mass is 10.0. The molecule has 0 saturated heterocycles. The molecule has 6 nitrogen and oxygen atoms in total. The zero-order chi connectivity index (χ0) is 20.3. The molecule has 1 aromatic carbocycles. The predicted octanol–water partition coefficient (Wildman–Crippen LogP) is 3.82. The van der Waals surface area contributed by atoms with Gasteiger partial charge in [0.05, 0.1) is 11.2 Å². The Morgan fingerprint density at radius 1 is 1.15 bits per heavy atom. The van der Waals surface area contributed by atoms with Crippen molar-refractivity contribution in [2.75, 3.05) is 19.7 Å². The number of carbonyl (C=O) groups is 2. The molecule has 0 fully saturated rings. The average molecular weight is 412 g/mol. The van der Waals surface area contributed by atoms with Crippen LogP contribution in [-0.2, 0) is 11.8 Å². The van der Waals surface area contributed by atoms with Gasteiger partial charge in [0.15, 0.2) is 6.61 Å². The normalized spacial score (nSPS) is 10.8. The third-order valence-corrected chi connectivity index (χ3v) is 5.49. The van der Waals surface area contributed by atoms with Crippen LogP contribution in [0.1, 0.15) is 40.9 Å². The Labute approximate surface area is 169 Å². The van der Waals surface area contributed by atoms with Gasteiger partial charge in [-0.15, -0.1) is 0 Å². The van der Waals surface area contributed by atoms with Crippen molar-refractivity contribution in [3.8, 4) is 5.88 Å². The highest BCUT2D eigenvalue weighted by molar-refractivity contribution is 6.39. The Balaban J connectivity index is 2.34. The lowest BCUT2D eigenvalue weighted by Gasteiger charge is -2.19. The number of benzene rings is 1. The molecule has 0 aliphatic carbocycles. The van der Waals surface area contributed by atoms with Crippen molar-refractivity contribution in [2.45, 2.75) is 27.7 Å². The second-order valence-electron chi connectivity index (χ2n) is 6.16. The highest BCUT2D eigenvalue weighted by atomic mass is 35.5. The minimum atomic E-state index is -0.332. The monoisotopic (exact) mass is 411 g/mol. The van der Waals surface area contributed by atoms with E-state index < -0.39 is 0 Å². The van der Waals surface area contributed by atoms with Gasteiger partial charge in [0.2, 0.25) is 11.7 Å². The predicted molar refractivity (Wildman–Crippen MR) is 106 cm³/mol. The number of aryl methyl sites for hydroxylation is 2. The number of ether oxygens (including phenoxy) is 1. The molecule has 2 aromatic rings. The molecule has 1 aromatic heterocycles. The van der Waals surface area contributed by atoms with Crippen molar-refractivity contribution in [2.24, 2.45) is 7.05 Å². The highest BCUT2D eigenvalue weighted by Gasteiger charge is 2.24. The van der Waals surface area contributed by atoms with E-state index in [0.717, 1.165) is 5.56 Å². The van der Waals surface area contributed by atoms with E-state index in [-0.39, 0.29) is 29.7 Å². The average Bonchev–Trinajstić information content (AvgIpc) is 3.02. The first-order valence-corrected chi connectivity index (χ1v) is 9.40. The van der Waals surface area contributed by atoms with Gasteiger partial charge < -0.3 is 9.64 Å². The first kappa shape index (κ1) is 21.3. The lowest BCUT2D eigenvalue weighted by Crippen LogP contribution is -2.34. The van der Waals surface area contributed by atoms with E-state index in [1.165, 1.54) is 10.9 Å². The summed E-state index contributed by atoms with van der Waals surface area (Å²) >= 11 is 12.6. The van der Waals surface area contributed by atoms with Crippen molar-refractivity contribution in [1.82, 2.24) is 14.7 Å². The van der Waals surface area contributed by atoms with E-state index in [0.29, 0.717) is 34.3 Å². The third kappa shape index (κ3) is 4.28. The first-order chi connectivity index (χ1) is 12.7. The standard InChI is InChI=1S/C19H23Cl2N3O3/c1-6-24(7-2)15(25)10-27-19-14(9-22-23(19)5)18(26)13-8-11(3)16(20)12(4)17(13)21/h8-9H,6-7,10H2,1-5H3. The van der Waals surface area contributed by atoms with Gasteiger partial charge in [-0.25, -0.2) is 4.68 Å². The second-order valence-corrected chi connectivity index (χ2v) is 6.92. The number of hydrogen-bond donors (Lipinski definition) is 0. The van der Waals surface area contributed by atoms with E-state index in [1.807, 2.05) is 20.8 Å². The fraction of sp³-hybridized carbons (Fsp3) is 0.421. The number of amides is 1. The zero-order valence-electron chi connectivity index (χ0n) is 16.1. The molecule has 146 valence electrons. The summed E-state index contributed by atoms with van der Waals surface area (Å²) in [7, 11) is 1.65. The summed E-state index contributed by atoms with van der Waals surface area (Å²) in [5.41, 5.74) is 1.96. The van der Waals surface area contributed by atoms with Crippen LogP contribution in [0, 0.1) is 13.8 Å². The molecular formula is C19H23Cl2N3O3. The molecule has 0 spiro atoms. The Morgan fingerprint density at radius 2 is 1.78 bits per heavy atom. The molecule has 0 aliphatic heterocycles. The number of carbonyl (C=O) groups excluding carboxylic acids is 2. The number of aromatic nitrogens is 2. The summed E-state index contributed by atoms with van der Waals surface area (Å²) in [6.45, 7) is 8.38. The van der Waals surface area contributed by atoms with Crippen molar-refractivity contribution in [1.29, 1.82) is 0 Å². The first-order valence-electron chi connectivity index (χ1n) is 8.65. The summed E-state index contributed by atoms with van der Waals surface area (Å²) in [5, 5.41) is 4.92. The fourth-order valence-corrected chi connectivity index (χ4v) is 3.23. The molecule has 0 bridgehead atoms. The summed E-state index contributed by atoms with van der Waals surface area (Å²) in [6.07, 6.45) is 1.41. The summed E-state index contributed by atoms with van der Waals surface area (Å²) in [5.74, 6) is -0.265. The number of ketones is 1. The summed E-state index contributed by atoms with van der Waals surface area (Å²) < 4.78 is 7.06. The van der Waals surface area contributed by atoms with Gasteiger partial charge in [-0.1, -0.05) is 23.2 Å². The Kier molecular flexibility index (Phi) is 6.89. The van der Waals surface area contributed by atoms with Crippen LogP contribution in [0.25, 0.3) is 0 Å². The van der Waals surface area contributed by atoms with Gasteiger partial charge >= 0.3 is 0 Å². The maximum Gasteiger partial charge on any atom is 0.260 e. The lowest BCUT2D eigenvalue weighted by molar-refractivity contribution is -0.133. The maximum atomic E-state index is 13.1. The van der Waals surface area contributed by atoms with E-state index in [4.69, 9.17) is 27.9 Å². The smallest absolute Gasteiger partial charge is 0.260 e. The Hall–Kier alpha value is -2.05. The number of likely N-dealkylation sites (N-methyl/N-ethyl adjacent to an activating group) is 1.